The van der Waals surface area contributed by atoms with Crippen LogP contribution in [0.5, 0.6) is 0 Å². The van der Waals surface area contributed by atoms with Crippen molar-refractivity contribution in [2.75, 3.05) is 4.90 Å². The Kier molecular flexibility index (Phi) is 1.55. The maximum Gasteiger partial charge on any atom is 0.237 e. The number of hydrogen-bond acceptors (Lipinski definition) is 2. The fourth-order valence-corrected chi connectivity index (χ4v) is 2.23. The Bertz CT molecular complexity index is 446. The topological polar surface area (TPSA) is 37.4 Å². The molecule has 0 N–H and O–H groups in total. The van der Waals surface area contributed by atoms with Gasteiger partial charge in [-0.25, -0.2) is 4.90 Å². The summed E-state index contributed by atoms with van der Waals surface area (Å²) in [6.07, 6.45) is 0.764. The second-order valence-electron chi connectivity index (χ2n) is 4.25. The zero-order valence-electron chi connectivity index (χ0n) is 8.43. The molecule has 2 amide bonds. The molecule has 1 aromatic carbocycles. The van der Waals surface area contributed by atoms with E-state index in [4.69, 9.17) is 0 Å². The van der Waals surface area contributed by atoms with E-state index in [1.807, 2.05) is 31.2 Å². The Morgan fingerprint density at radius 3 is 2.33 bits per heavy atom. The van der Waals surface area contributed by atoms with Crippen molar-refractivity contribution in [3.8, 4) is 0 Å². The molecule has 0 aromatic heterocycles. The average Bonchev–Trinajstić information content (AvgIpc) is 2.96. The molecule has 76 valence electrons. The molecule has 3 heteroatoms. The van der Waals surface area contributed by atoms with Crippen molar-refractivity contribution < 1.29 is 9.59 Å². The fourth-order valence-electron chi connectivity index (χ4n) is 2.23. The Morgan fingerprint density at radius 1 is 1.13 bits per heavy atom. The van der Waals surface area contributed by atoms with Crippen LogP contribution in [0.15, 0.2) is 24.3 Å². The number of aryl methyl sites for hydroxylation is 1. The van der Waals surface area contributed by atoms with E-state index >= 15 is 0 Å². The zero-order chi connectivity index (χ0) is 10.6. The highest BCUT2D eigenvalue weighted by Crippen LogP contribution is 2.48. The number of nitrogens with zero attached hydrogens (tertiary/aromatic N) is 1. The van der Waals surface area contributed by atoms with Crippen LogP contribution in [0.25, 0.3) is 0 Å². The van der Waals surface area contributed by atoms with Gasteiger partial charge in [0.25, 0.3) is 0 Å². The van der Waals surface area contributed by atoms with E-state index in [1.165, 1.54) is 4.90 Å². The molecule has 0 radical (unpaired) electrons. The molecule has 1 aromatic rings. The molecular formula is C12H11NO2. The van der Waals surface area contributed by atoms with Crippen LogP contribution < -0.4 is 4.90 Å². The summed E-state index contributed by atoms with van der Waals surface area (Å²) in [5.74, 6) is -0.0622. The summed E-state index contributed by atoms with van der Waals surface area (Å²) in [6.45, 7) is 1.92. The number of benzene rings is 1. The number of anilines is 1. The number of fused-ring (bicyclic) bond motifs is 1. The number of piperidine rings is 1. The van der Waals surface area contributed by atoms with Crippen LogP contribution in [0.4, 0.5) is 5.69 Å². The molecule has 1 heterocycles. The van der Waals surface area contributed by atoms with Crippen molar-refractivity contribution in [1.29, 1.82) is 0 Å². The standard InChI is InChI=1S/C12H11NO2/c1-7-4-2-3-5-10(7)13-11(14)8-6-9(8)12(13)15/h2-5,8-9H,6H2,1H3/t8-,9-/m0/s1. The quantitative estimate of drug-likeness (QED) is 0.646. The Hall–Kier alpha value is -1.64. The third-order valence-corrected chi connectivity index (χ3v) is 3.22. The first-order chi connectivity index (χ1) is 7.20. The van der Waals surface area contributed by atoms with Gasteiger partial charge in [0.1, 0.15) is 0 Å². The molecule has 0 unspecified atom stereocenters. The molecule has 2 fully saturated rings. The minimum absolute atomic E-state index is 0.0145. The molecule has 1 aliphatic carbocycles. The molecule has 3 nitrogen and oxygen atoms in total. The van der Waals surface area contributed by atoms with E-state index in [-0.39, 0.29) is 23.7 Å². The molecule has 1 aliphatic heterocycles. The lowest BCUT2D eigenvalue weighted by Crippen LogP contribution is -2.33. The minimum Gasteiger partial charge on any atom is -0.274 e. The van der Waals surface area contributed by atoms with Crippen LogP contribution in [0.1, 0.15) is 12.0 Å². The maximum atomic E-state index is 11.8. The third kappa shape index (κ3) is 1.06. The van der Waals surface area contributed by atoms with E-state index in [0.29, 0.717) is 0 Å². The largest absolute Gasteiger partial charge is 0.274 e. The Morgan fingerprint density at radius 2 is 1.73 bits per heavy atom. The highest BCUT2D eigenvalue weighted by Gasteiger charge is 2.59. The SMILES string of the molecule is Cc1ccccc1N1C(=O)[C@H]2C[C@@H]2C1=O. The van der Waals surface area contributed by atoms with Gasteiger partial charge in [0.15, 0.2) is 0 Å². The van der Waals surface area contributed by atoms with Crippen molar-refractivity contribution in [2.45, 2.75) is 13.3 Å². The van der Waals surface area contributed by atoms with Crippen LogP contribution in [0, 0.1) is 18.8 Å². The predicted molar refractivity (Wildman–Crippen MR) is 55.3 cm³/mol. The summed E-state index contributed by atoms with van der Waals surface area (Å²) in [7, 11) is 0. The van der Waals surface area contributed by atoms with Gasteiger partial charge in [-0.3, -0.25) is 9.59 Å². The average molecular weight is 201 g/mol. The van der Waals surface area contributed by atoms with Gasteiger partial charge >= 0.3 is 0 Å². The molecule has 3 rings (SSSR count). The first kappa shape index (κ1) is 8.65. The molecule has 15 heavy (non-hydrogen) atoms. The fraction of sp³-hybridized carbons (Fsp3) is 0.333. The van der Waals surface area contributed by atoms with Gasteiger partial charge in [0.2, 0.25) is 11.8 Å². The summed E-state index contributed by atoms with van der Waals surface area (Å²) < 4.78 is 0. The first-order valence-electron chi connectivity index (χ1n) is 5.13. The Balaban J connectivity index is 2.05. The van der Waals surface area contributed by atoms with E-state index in [0.717, 1.165) is 17.7 Å². The number of hydrogen-bond donors (Lipinski definition) is 0. The predicted octanol–water partition coefficient (Wildman–Crippen LogP) is 1.50. The van der Waals surface area contributed by atoms with Crippen molar-refractivity contribution in [2.24, 2.45) is 11.8 Å². The summed E-state index contributed by atoms with van der Waals surface area (Å²) in [4.78, 5) is 25.0. The van der Waals surface area contributed by atoms with Crippen LogP contribution in [-0.4, -0.2) is 11.8 Å². The van der Waals surface area contributed by atoms with Gasteiger partial charge in [0.05, 0.1) is 17.5 Å². The summed E-state index contributed by atoms with van der Waals surface area (Å²) in [5.41, 5.74) is 1.72. The maximum absolute atomic E-state index is 11.8. The Labute approximate surface area is 87.7 Å². The number of carbonyl (C=O) groups is 2. The highest BCUT2D eigenvalue weighted by atomic mass is 16.2. The van der Waals surface area contributed by atoms with Gasteiger partial charge in [-0.15, -0.1) is 0 Å². The number of imide groups is 1. The van der Waals surface area contributed by atoms with E-state index in [2.05, 4.69) is 0 Å². The van der Waals surface area contributed by atoms with E-state index < -0.39 is 0 Å². The van der Waals surface area contributed by atoms with Gasteiger partial charge in [0, 0.05) is 0 Å². The summed E-state index contributed by atoms with van der Waals surface area (Å²) >= 11 is 0. The number of para-hydroxylation sites is 1. The monoisotopic (exact) mass is 201 g/mol. The second-order valence-corrected chi connectivity index (χ2v) is 4.25. The highest BCUT2D eigenvalue weighted by molar-refractivity contribution is 6.25. The van der Waals surface area contributed by atoms with Crippen molar-refractivity contribution in [3.63, 3.8) is 0 Å². The number of rotatable bonds is 1. The third-order valence-electron chi connectivity index (χ3n) is 3.22. The van der Waals surface area contributed by atoms with Crippen LogP contribution in [-0.2, 0) is 9.59 Å². The lowest BCUT2D eigenvalue weighted by molar-refractivity contribution is -0.123. The molecule has 0 spiro atoms. The number of amides is 2. The lowest BCUT2D eigenvalue weighted by atomic mass is 10.2. The molecule has 1 saturated carbocycles. The molecule has 1 saturated heterocycles. The van der Waals surface area contributed by atoms with Crippen molar-refractivity contribution >= 4 is 17.5 Å². The van der Waals surface area contributed by atoms with Crippen LogP contribution in [0.2, 0.25) is 0 Å². The van der Waals surface area contributed by atoms with Gasteiger partial charge in [-0.1, -0.05) is 18.2 Å². The summed E-state index contributed by atoms with van der Waals surface area (Å²) in [6, 6.07) is 7.51. The van der Waals surface area contributed by atoms with Gasteiger partial charge < -0.3 is 0 Å². The smallest absolute Gasteiger partial charge is 0.237 e. The lowest BCUT2D eigenvalue weighted by Gasteiger charge is -2.18. The van der Waals surface area contributed by atoms with Crippen LogP contribution in [0.3, 0.4) is 0 Å². The molecule has 0 bridgehead atoms. The van der Waals surface area contributed by atoms with E-state index in [1.54, 1.807) is 0 Å². The second kappa shape index (κ2) is 2.69. The minimum atomic E-state index is -0.0166. The molecular weight excluding hydrogens is 190 g/mol. The van der Waals surface area contributed by atoms with Crippen molar-refractivity contribution in [1.82, 2.24) is 0 Å². The van der Waals surface area contributed by atoms with Gasteiger partial charge in [-0.05, 0) is 25.0 Å². The molecule has 2 aliphatic rings. The number of carbonyl (C=O) groups excluding carboxylic acids is 2. The summed E-state index contributed by atoms with van der Waals surface area (Å²) in [5, 5.41) is 0. The van der Waals surface area contributed by atoms with Gasteiger partial charge in [-0.2, -0.15) is 0 Å². The molecule has 2 atom stereocenters. The normalized spacial score (nSPS) is 28.2. The zero-order valence-corrected chi connectivity index (χ0v) is 8.43. The van der Waals surface area contributed by atoms with Crippen molar-refractivity contribution in [3.05, 3.63) is 29.8 Å². The van der Waals surface area contributed by atoms with E-state index in [9.17, 15) is 9.59 Å². The van der Waals surface area contributed by atoms with Crippen LogP contribution >= 0.6 is 0 Å². The first-order valence-corrected chi connectivity index (χ1v) is 5.13.